The van der Waals surface area contributed by atoms with Gasteiger partial charge < -0.3 is 16.0 Å². The van der Waals surface area contributed by atoms with E-state index in [0.717, 1.165) is 18.2 Å². The highest BCUT2D eigenvalue weighted by Gasteiger charge is 2.18. The lowest BCUT2D eigenvalue weighted by Gasteiger charge is -2.16. The second kappa shape index (κ2) is 6.58. The minimum Gasteiger partial charge on any atom is -0.382 e. The van der Waals surface area contributed by atoms with Crippen LogP contribution in [0.4, 0.5) is 10.9 Å². The Morgan fingerprint density at radius 2 is 2.06 bits per heavy atom. The van der Waals surface area contributed by atoms with Gasteiger partial charge in [0.1, 0.15) is 10.7 Å². The Balaban J connectivity index is 2.80. The minimum absolute atomic E-state index is 0.128. The molecule has 0 aromatic carbocycles. The van der Waals surface area contributed by atoms with Gasteiger partial charge in [-0.25, -0.2) is 4.98 Å². The van der Waals surface area contributed by atoms with Crippen LogP contribution in [0.1, 0.15) is 37.4 Å². The van der Waals surface area contributed by atoms with Crippen molar-refractivity contribution in [1.29, 1.82) is 0 Å². The lowest BCUT2D eigenvalue weighted by Crippen LogP contribution is -2.27. The Bertz CT molecular complexity index is 399. The Morgan fingerprint density at radius 3 is 2.56 bits per heavy atom. The first kappa shape index (κ1) is 14.8. The Labute approximate surface area is 112 Å². The molecule has 0 saturated carbocycles. The van der Waals surface area contributed by atoms with Crippen LogP contribution in [-0.4, -0.2) is 30.5 Å². The molecule has 5 nitrogen and oxygen atoms in total. The Hall–Kier alpha value is -1.30. The smallest absolute Gasteiger partial charge is 0.265 e. The molecular formula is C12H22N4OS. The number of nitrogens with two attached hydrogens (primary N) is 1. The highest BCUT2D eigenvalue weighted by Crippen LogP contribution is 2.27. The van der Waals surface area contributed by atoms with E-state index in [2.05, 4.69) is 42.9 Å². The van der Waals surface area contributed by atoms with Gasteiger partial charge in [0, 0.05) is 19.6 Å². The van der Waals surface area contributed by atoms with E-state index in [1.165, 1.54) is 11.3 Å². The molecule has 1 amide bonds. The van der Waals surface area contributed by atoms with Crippen LogP contribution in [0.2, 0.25) is 0 Å². The summed E-state index contributed by atoms with van der Waals surface area (Å²) >= 11 is 1.35. The molecule has 0 unspecified atom stereocenters. The van der Waals surface area contributed by atoms with E-state index in [4.69, 9.17) is 5.73 Å². The molecule has 0 aliphatic rings. The van der Waals surface area contributed by atoms with Crippen LogP contribution in [0.5, 0.6) is 0 Å². The molecule has 1 aromatic rings. The fraction of sp³-hybridized carbons (Fsp3) is 0.667. The summed E-state index contributed by atoms with van der Waals surface area (Å²) in [6.07, 6.45) is 0. The first-order valence-electron chi connectivity index (χ1n) is 6.29. The minimum atomic E-state index is -0.128. The molecule has 0 atom stereocenters. The highest BCUT2D eigenvalue weighted by molar-refractivity contribution is 7.18. The number of nitrogens with zero attached hydrogens (tertiary/aromatic N) is 2. The maximum atomic E-state index is 11.9. The molecule has 0 spiro atoms. The van der Waals surface area contributed by atoms with E-state index in [9.17, 15) is 4.79 Å². The summed E-state index contributed by atoms with van der Waals surface area (Å²) in [6.45, 7) is 10.6. The van der Waals surface area contributed by atoms with Gasteiger partial charge in [-0.05, 0) is 19.8 Å². The van der Waals surface area contributed by atoms with E-state index in [-0.39, 0.29) is 5.91 Å². The van der Waals surface area contributed by atoms with Gasteiger partial charge in [0.15, 0.2) is 5.13 Å². The summed E-state index contributed by atoms with van der Waals surface area (Å²) < 4.78 is 0. The zero-order valence-corrected chi connectivity index (χ0v) is 12.3. The number of nitrogen functional groups attached to an aromatic ring is 1. The van der Waals surface area contributed by atoms with Gasteiger partial charge in [0.2, 0.25) is 0 Å². The SMILES string of the molecule is CCN(CC)c1nc(N)c(C(=O)NCC(C)C)s1. The number of thiazole rings is 1. The zero-order valence-electron chi connectivity index (χ0n) is 11.5. The number of carbonyl (C=O) groups is 1. The Kier molecular flexibility index (Phi) is 5.40. The molecule has 0 radical (unpaired) electrons. The summed E-state index contributed by atoms with van der Waals surface area (Å²) in [6, 6.07) is 0. The average Bonchev–Trinajstić information content (AvgIpc) is 2.70. The van der Waals surface area contributed by atoms with E-state index in [1.807, 2.05) is 0 Å². The fourth-order valence-electron chi connectivity index (χ4n) is 1.49. The number of aromatic nitrogens is 1. The zero-order chi connectivity index (χ0) is 13.7. The van der Waals surface area contributed by atoms with Gasteiger partial charge in [-0.2, -0.15) is 0 Å². The number of amides is 1. The molecule has 1 aromatic heterocycles. The maximum absolute atomic E-state index is 11.9. The summed E-state index contributed by atoms with van der Waals surface area (Å²) in [7, 11) is 0. The fourth-order valence-corrected chi connectivity index (χ4v) is 2.52. The third-order valence-electron chi connectivity index (χ3n) is 2.55. The van der Waals surface area contributed by atoms with E-state index < -0.39 is 0 Å². The van der Waals surface area contributed by atoms with Crippen molar-refractivity contribution in [1.82, 2.24) is 10.3 Å². The topological polar surface area (TPSA) is 71.2 Å². The summed E-state index contributed by atoms with van der Waals surface area (Å²) in [5.41, 5.74) is 5.81. The lowest BCUT2D eigenvalue weighted by molar-refractivity contribution is 0.0953. The van der Waals surface area contributed by atoms with Gasteiger partial charge in [-0.15, -0.1) is 0 Å². The van der Waals surface area contributed by atoms with Crippen LogP contribution in [0, 0.1) is 5.92 Å². The van der Waals surface area contributed by atoms with Gasteiger partial charge in [-0.3, -0.25) is 4.79 Å². The molecule has 0 aliphatic carbocycles. The molecule has 18 heavy (non-hydrogen) atoms. The van der Waals surface area contributed by atoms with E-state index in [0.29, 0.717) is 23.2 Å². The van der Waals surface area contributed by atoms with E-state index >= 15 is 0 Å². The van der Waals surface area contributed by atoms with Crippen molar-refractivity contribution < 1.29 is 4.79 Å². The average molecular weight is 270 g/mol. The van der Waals surface area contributed by atoms with E-state index in [1.54, 1.807) is 0 Å². The van der Waals surface area contributed by atoms with Gasteiger partial charge >= 0.3 is 0 Å². The second-order valence-corrected chi connectivity index (χ2v) is 5.46. The summed E-state index contributed by atoms with van der Waals surface area (Å²) in [4.78, 5) is 18.8. The van der Waals surface area contributed by atoms with Crippen molar-refractivity contribution in [3.8, 4) is 0 Å². The highest BCUT2D eigenvalue weighted by atomic mass is 32.1. The predicted octanol–water partition coefficient (Wildman–Crippen LogP) is 1.96. The van der Waals surface area contributed by atoms with Crippen molar-refractivity contribution in [3.63, 3.8) is 0 Å². The second-order valence-electron chi connectivity index (χ2n) is 4.49. The number of anilines is 2. The molecular weight excluding hydrogens is 248 g/mol. The number of nitrogens with one attached hydrogen (secondary N) is 1. The van der Waals surface area contributed by atoms with Crippen LogP contribution >= 0.6 is 11.3 Å². The van der Waals surface area contributed by atoms with Crippen LogP contribution in [-0.2, 0) is 0 Å². The van der Waals surface area contributed by atoms with Crippen LogP contribution < -0.4 is 16.0 Å². The molecule has 0 saturated heterocycles. The van der Waals surface area contributed by atoms with Gasteiger partial charge in [0.05, 0.1) is 0 Å². The summed E-state index contributed by atoms with van der Waals surface area (Å²) in [5, 5.41) is 3.67. The molecule has 1 rings (SSSR count). The van der Waals surface area contributed by atoms with Crippen molar-refractivity contribution >= 4 is 28.2 Å². The summed E-state index contributed by atoms with van der Waals surface area (Å²) in [5.74, 6) is 0.616. The van der Waals surface area contributed by atoms with Gasteiger partial charge in [-0.1, -0.05) is 25.2 Å². The molecule has 102 valence electrons. The number of carbonyl (C=O) groups excluding carboxylic acids is 1. The Morgan fingerprint density at radius 1 is 1.44 bits per heavy atom. The van der Waals surface area contributed by atoms with Crippen molar-refractivity contribution in [3.05, 3.63) is 4.88 Å². The first-order valence-corrected chi connectivity index (χ1v) is 7.10. The predicted molar refractivity (Wildman–Crippen MR) is 77.3 cm³/mol. The molecule has 0 aliphatic heterocycles. The van der Waals surface area contributed by atoms with Gasteiger partial charge in [0.25, 0.3) is 5.91 Å². The third kappa shape index (κ3) is 3.60. The third-order valence-corrected chi connectivity index (χ3v) is 3.68. The molecule has 6 heteroatoms. The quantitative estimate of drug-likeness (QED) is 0.829. The van der Waals surface area contributed by atoms with Crippen molar-refractivity contribution in [2.75, 3.05) is 30.3 Å². The number of hydrogen-bond donors (Lipinski definition) is 2. The van der Waals surface area contributed by atoms with Crippen LogP contribution in [0.25, 0.3) is 0 Å². The molecule has 3 N–H and O–H groups in total. The number of hydrogen-bond acceptors (Lipinski definition) is 5. The first-order chi connectivity index (χ1) is 8.49. The van der Waals surface area contributed by atoms with Crippen LogP contribution in [0.15, 0.2) is 0 Å². The van der Waals surface area contributed by atoms with Crippen molar-refractivity contribution in [2.45, 2.75) is 27.7 Å². The largest absolute Gasteiger partial charge is 0.382 e. The maximum Gasteiger partial charge on any atom is 0.265 e. The monoisotopic (exact) mass is 270 g/mol. The molecule has 1 heterocycles. The molecule has 0 bridgehead atoms. The van der Waals surface area contributed by atoms with Crippen LogP contribution in [0.3, 0.4) is 0 Å². The lowest BCUT2D eigenvalue weighted by atomic mass is 10.2. The normalized spacial score (nSPS) is 10.7. The molecule has 0 fully saturated rings. The van der Waals surface area contributed by atoms with Crippen molar-refractivity contribution in [2.24, 2.45) is 5.92 Å². The number of rotatable bonds is 6. The standard InChI is InChI=1S/C12H22N4OS/c1-5-16(6-2)12-15-10(13)9(18-12)11(17)14-7-8(3)4/h8H,5-7,13H2,1-4H3,(H,14,17).